The van der Waals surface area contributed by atoms with Gasteiger partial charge in [0.25, 0.3) is 5.56 Å². The van der Waals surface area contributed by atoms with Gasteiger partial charge >= 0.3 is 0 Å². The van der Waals surface area contributed by atoms with Gasteiger partial charge in [-0.1, -0.05) is 75.7 Å². The Morgan fingerprint density at radius 3 is 2.41 bits per heavy atom. The van der Waals surface area contributed by atoms with Crippen molar-refractivity contribution in [2.24, 2.45) is 0 Å². The van der Waals surface area contributed by atoms with Crippen LogP contribution in [0.5, 0.6) is 0 Å². The van der Waals surface area contributed by atoms with E-state index in [-0.39, 0.29) is 11.5 Å². The summed E-state index contributed by atoms with van der Waals surface area (Å²) >= 11 is 0. The van der Waals surface area contributed by atoms with E-state index in [1.165, 1.54) is 0 Å². The van der Waals surface area contributed by atoms with Gasteiger partial charge in [-0.05, 0) is 34.7 Å². The van der Waals surface area contributed by atoms with Gasteiger partial charge in [0.1, 0.15) is 5.82 Å². The zero-order valence-electron chi connectivity index (χ0n) is 18.7. The number of aryl methyl sites for hydroxylation is 1. The van der Waals surface area contributed by atoms with Crippen LogP contribution in [0, 0.1) is 0 Å². The lowest BCUT2D eigenvalue weighted by Gasteiger charge is -2.13. The van der Waals surface area contributed by atoms with E-state index in [0.29, 0.717) is 12.2 Å². The van der Waals surface area contributed by atoms with Crippen molar-refractivity contribution >= 4 is 0 Å². The fourth-order valence-electron chi connectivity index (χ4n) is 3.78. The summed E-state index contributed by atoms with van der Waals surface area (Å²) < 4.78 is 0. The van der Waals surface area contributed by atoms with Crippen LogP contribution in [0.15, 0.2) is 53.3 Å². The van der Waals surface area contributed by atoms with Crippen LogP contribution in [0.3, 0.4) is 0 Å². The molecule has 0 aliphatic rings. The number of rotatable bonds is 8. The lowest BCUT2D eigenvalue weighted by atomic mass is 9.96. The maximum absolute atomic E-state index is 12.9. The number of aromatic nitrogens is 6. The van der Waals surface area contributed by atoms with Crippen molar-refractivity contribution in [3.8, 4) is 22.5 Å². The van der Waals surface area contributed by atoms with Crippen molar-refractivity contribution < 1.29 is 0 Å². The van der Waals surface area contributed by atoms with Gasteiger partial charge in [-0.25, -0.2) is 4.98 Å². The summed E-state index contributed by atoms with van der Waals surface area (Å²) in [7, 11) is 0. The Balaban J connectivity index is 1.64. The van der Waals surface area contributed by atoms with Crippen LogP contribution in [-0.4, -0.2) is 30.6 Å². The van der Waals surface area contributed by atoms with Crippen molar-refractivity contribution in [2.75, 3.05) is 0 Å². The molecule has 4 rings (SSSR count). The quantitative estimate of drug-likeness (QED) is 0.425. The average molecular weight is 429 g/mol. The average Bonchev–Trinajstić information content (AvgIpc) is 3.34. The number of nitrogens with zero attached hydrogens (tertiary/aromatic N) is 4. The molecule has 0 bridgehead atoms. The maximum atomic E-state index is 12.9. The Hall–Kier alpha value is -3.61. The number of aromatic amines is 2. The van der Waals surface area contributed by atoms with E-state index < -0.39 is 0 Å². The van der Waals surface area contributed by atoms with Crippen LogP contribution in [0.4, 0.5) is 0 Å². The molecule has 0 spiro atoms. The van der Waals surface area contributed by atoms with Gasteiger partial charge in [-0.2, -0.15) is 5.21 Å². The molecule has 164 valence electrons. The third kappa shape index (κ3) is 4.66. The predicted octanol–water partition coefficient (Wildman–Crippen LogP) is 4.67. The highest BCUT2D eigenvalue weighted by molar-refractivity contribution is 5.80. The minimum Gasteiger partial charge on any atom is -0.310 e. The largest absolute Gasteiger partial charge is 0.310 e. The molecule has 2 heterocycles. The summed E-state index contributed by atoms with van der Waals surface area (Å²) in [6, 6.07) is 16.3. The van der Waals surface area contributed by atoms with Crippen molar-refractivity contribution in [3.63, 3.8) is 0 Å². The number of hydrogen-bond donors (Lipinski definition) is 2. The molecule has 0 unspecified atom stereocenters. The van der Waals surface area contributed by atoms with Gasteiger partial charge in [0, 0.05) is 23.5 Å². The summed E-state index contributed by atoms with van der Waals surface area (Å²) in [4.78, 5) is 20.7. The first-order valence-electron chi connectivity index (χ1n) is 11.1. The van der Waals surface area contributed by atoms with Gasteiger partial charge in [0.05, 0.1) is 5.69 Å². The van der Waals surface area contributed by atoms with Gasteiger partial charge in [-0.15, -0.1) is 10.2 Å². The summed E-state index contributed by atoms with van der Waals surface area (Å²) in [5.41, 5.74) is 5.75. The van der Waals surface area contributed by atoms with Crippen LogP contribution in [0.25, 0.3) is 22.5 Å². The summed E-state index contributed by atoms with van der Waals surface area (Å²) in [6.45, 7) is 6.25. The van der Waals surface area contributed by atoms with Crippen molar-refractivity contribution in [3.05, 3.63) is 81.5 Å². The van der Waals surface area contributed by atoms with E-state index in [1.807, 2.05) is 38.1 Å². The monoisotopic (exact) mass is 428 g/mol. The zero-order valence-corrected chi connectivity index (χ0v) is 18.7. The highest BCUT2D eigenvalue weighted by Crippen LogP contribution is 2.30. The zero-order chi connectivity index (χ0) is 22.5. The number of nitrogens with one attached hydrogen (secondary N) is 2. The Labute approximate surface area is 187 Å². The lowest BCUT2D eigenvalue weighted by Crippen LogP contribution is -2.21. The fraction of sp³-hybridized carbons (Fsp3) is 0.320. The third-order valence-electron chi connectivity index (χ3n) is 5.59. The number of tetrazole rings is 1. The Bertz CT molecular complexity index is 1230. The molecule has 4 aromatic rings. The van der Waals surface area contributed by atoms with E-state index in [4.69, 9.17) is 4.98 Å². The van der Waals surface area contributed by atoms with Crippen LogP contribution in [0.1, 0.15) is 62.2 Å². The Kier molecular flexibility index (Phi) is 6.54. The summed E-state index contributed by atoms with van der Waals surface area (Å²) in [5.74, 6) is 1.52. The molecule has 0 amide bonds. The fourth-order valence-corrected chi connectivity index (χ4v) is 3.78. The molecular weight excluding hydrogens is 400 g/mol. The molecule has 2 aromatic heterocycles. The molecule has 32 heavy (non-hydrogen) atoms. The topological polar surface area (TPSA) is 100 Å². The predicted molar refractivity (Wildman–Crippen MR) is 125 cm³/mol. The van der Waals surface area contributed by atoms with Crippen LogP contribution < -0.4 is 5.56 Å². The second kappa shape index (κ2) is 9.68. The van der Waals surface area contributed by atoms with Crippen molar-refractivity contribution in [2.45, 2.75) is 52.4 Å². The second-order valence-corrected chi connectivity index (χ2v) is 8.29. The van der Waals surface area contributed by atoms with Crippen molar-refractivity contribution in [1.29, 1.82) is 0 Å². The SMILES string of the molecule is CCCCc1nc(C(C)C)[nH]c(=O)c1Cc1ccc(-c2ccccc2-c2nn[nH]n2)cc1. The number of hydrogen-bond acceptors (Lipinski definition) is 5. The lowest BCUT2D eigenvalue weighted by molar-refractivity contribution is 0.709. The molecule has 0 aliphatic heterocycles. The molecule has 0 fully saturated rings. The third-order valence-corrected chi connectivity index (χ3v) is 5.59. The van der Waals surface area contributed by atoms with Crippen LogP contribution >= 0.6 is 0 Å². The molecule has 2 N–H and O–H groups in total. The van der Waals surface area contributed by atoms with Crippen LogP contribution in [-0.2, 0) is 12.8 Å². The standard InChI is InChI=1S/C25H28N6O/c1-4-5-10-22-21(25(32)27-23(26-22)16(2)3)15-17-11-13-18(14-12-17)19-8-6-7-9-20(19)24-28-30-31-29-24/h6-9,11-14,16H,4-5,10,15H2,1-3H3,(H,26,27,32)(H,28,29,30,31). The van der Waals surface area contributed by atoms with Crippen LogP contribution in [0.2, 0.25) is 0 Å². The van der Waals surface area contributed by atoms with Gasteiger partial charge in [0.2, 0.25) is 5.82 Å². The first-order chi connectivity index (χ1) is 15.6. The Morgan fingerprint density at radius 2 is 1.75 bits per heavy atom. The second-order valence-electron chi connectivity index (χ2n) is 8.29. The maximum Gasteiger partial charge on any atom is 0.254 e. The highest BCUT2D eigenvalue weighted by Gasteiger charge is 2.15. The molecule has 7 nitrogen and oxygen atoms in total. The van der Waals surface area contributed by atoms with Gasteiger partial charge < -0.3 is 4.98 Å². The molecule has 7 heteroatoms. The van der Waals surface area contributed by atoms with E-state index in [0.717, 1.165) is 58.6 Å². The minimum atomic E-state index is -0.0265. The van der Waals surface area contributed by atoms with Gasteiger partial charge in [-0.3, -0.25) is 4.79 Å². The molecule has 0 atom stereocenters. The smallest absolute Gasteiger partial charge is 0.254 e. The van der Waals surface area contributed by atoms with E-state index >= 15 is 0 Å². The summed E-state index contributed by atoms with van der Waals surface area (Å²) in [6.07, 6.45) is 3.48. The number of H-pyrrole nitrogens is 2. The molecule has 0 saturated carbocycles. The molecule has 0 radical (unpaired) electrons. The highest BCUT2D eigenvalue weighted by atomic mass is 16.1. The first kappa shape index (κ1) is 21.6. The molecular formula is C25H28N6O. The van der Waals surface area contributed by atoms with E-state index in [2.05, 4.69) is 56.8 Å². The molecule has 2 aromatic carbocycles. The van der Waals surface area contributed by atoms with E-state index in [9.17, 15) is 4.79 Å². The number of unbranched alkanes of at least 4 members (excludes halogenated alkanes) is 1. The van der Waals surface area contributed by atoms with Gasteiger partial charge in [0.15, 0.2) is 0 Å². The summed E-state index contributed by atoms with van der Waals surface area (Å²) in [5, 5.41) is 14.4. The Morgan fingerprint density at radius 1 is 1.00 bits per heavy atom. The van der Waals surface area contributed by atoms with Crippen molar-refractivity contribution in [1.82, 2.24) is 30.6 Å². The molecule has 0 aliphatic carbocycles. The normalized spacial score (nSPS) is 11.2. The molecule has 0 saturated heterocycles. The first-order valence-corrected chi connectivity index (χ1v) is 11.1. The minimum absolute atomic E-state index is 0.0265. The number of benzene rings is 2. The van der Waals surface area contributed by atoms with E-state index in [1.54, 1.807) is 0 Å².